The van der Waals surface area contributed by atoms with E-state index >= 15 is 0 Å². The third kappa shape index (κ3) is 4.21. The number of hydrogen-bond donors (Lipinski definition) is 1. The normalized spacial score (nSPS) is 20.7. The first-order chi connectivity index (χ1) is 9.97. The number of amides is 1. The van der Waals surface area contributed by atoms with Gasteiger partial charge in [0, 0.05) is 12.5 Å². The van der Waals surface area contributed by atoms with Crippen LogP contribution >= 0.6 is 0 Å². The van der Waals surface area contributed by atoms with Gasteiger partial charge in [-0.2, -0.15) is 0 Å². The molecule has 21 heavy (non-hydrogen) atoms. The minimum atomic E-state index is -0.646. The van der Waals surface area contributed by atoms with Crippen LogP contribution in [0.15, 0.2) is 24.3 Å². The van der Waals surface area contributed by atoms with E-state index in [1.54, 1.807) is 4.90 Å². The SMILES string of the molecule is CC(C)Oc1ccc(C(O)CN2CCCC(C)C2=O)cc1. The lowest BCUT2D eigenvalue weighted by molar-refractivity contribution is -0.139. The molecule has 4 nitrogen and oxygen atoms in total. The number of piperidine rings is 1. The lowest BCUT2D eigenvalue weighted by atomic mass is 9.98. The fourth-order valence-corrected chi connectivity index (χ4v) is 2.67. The molecule has 0 aromatic heterocycles. The zero-order valence-corrected chi connectivity index (χ0v) is 13.1. The Morgan fingerprint density at radius 3 is 2.62 bits per heavy atom. The quantitative estimate of drug-likeness (QED) is 0.907. The van der Waals surface area contributed by atoms with Crippen molar-refractivity contribution in [3.05, 3.63) is 29.8 Å². The lowest BCUT2D eigenvalue weighted by Gasteiger charge is -2.32. The number of β-amino-alcohol motifs (C(OH)–C–C–N with tert-alkyl or cyclic N) is 1. The molecule has 0 radical (unpaired) electrons. The minimum Gasteiger partial charge on any atom is -0.491 e. The molecule has 4 heteroatoms. The van der Waals surface area contributed by atoms with Gasteiger partial charge in [-0.25, -0.2) is 0 Å². The summed E-state index contributed by atoms with van der Waals surface area (Å²) < 4.78 is 5.58. The maximum Gasteiger partial charge on any atom is 0.225 e. The summed E-state index contributed by atoms with van der Waals surface area (Å²) in [5, 5.41) is 10.3. The monoisotopic (exact) mass is 291 g/mol. The van der Waals surface area contributed by atoms with Crippen molar-refractivity contribution in [2.45, 2.75) is 45.8 Å². The molecule has 1 aromatic rings. The average molecular weight is 291 g/mol. The molecular weight excluding hydrogens is 266 g/mol. The number of rotatable bonds is 5. The zero-order valence-electron chi connectivity index (χ0n) is 13.1. The van der Waals surface area contributed by atoms with Crippen molar-refractivity contribution in [3.8, 4) is 5.75 Å². The summed E-state index contributed by atoms with van der Waals surface area (Å²) in [5.41, 5.74) is 0.817. The Morgan fingerprint density at radius 1 is 1.33 bits per heavy atom. The van der Waals surface area contributed by atoms with Crippen molar-refractivity contribution < 1.29 is 14.6 Å². The number of aliphatic hydroxyl groups excluding tert-OH is 1. The van der Waals surface area contributed by atoms with Gasteiger partial charge in [-0.05, 0) is 44.4 Å². The third-order valence-electron chi connectivity index (χ3n) is 3.83. The van der Waals surface area contributed by atoms with Gasteiger partial charge in [-0.1, -0.05) is 19.1 Å². The second-order valence-electron chi connectivity index (χ2n) is 6.08. The number of carbonyl (C=O) groups excluding carboxylic acids is 1. The van der Waals surface area contributed by atoms with E-state index < -0.39 is 6.10 Å². The predicted molar refractivity (Wildman–Crippen MR) is 82.1 cm³/mol. The molecule has 116 valence electrons. The Balaban J connectivity index is 1.96. The van der Waals surface area contributed by atoms with Gasteiger partial charge in [-0.15, -0.1) is 0 Å². The summed E-state index contributed by atoms with van der Waals surface area (Å²) in [6.07, 6.45) is 1.45. The van der Waals surface area contributed by atoms with E-state index in [2.05, 4.69) is 0 Å². The topological polar surface area (TPSA) is 49.8 Å². The number of ether oxygens (including phenoxy) is 1. The fraction of sp³-hybridized carbons (Fsp3) is 0.588. The molecule has 2 atom stereocenters. The van der Waals surface area contributed by atoms with E-state index in [4.69, 9.17) is 4.74 Å². The molecule has 1 fully saturated rings. The summed E-state index contributed by atoms with van der Waals surface area (Å²) in [4.78, 5) is 13.8. The number of benzene rings is 1. The van der Waals surface area contributed by atoms with Crippen LogP contribution < -0.4 is 4.74 Å². The lowest BCUT2D eigenvalue weighted by Crippen LogP contribution is -2.42. The molecule has 1 saturated heterocycles. The molecule has 0 saturated carbocycles. The van der Waals surface area contributed by atoms with Gasteiger partial charge >= 0.3 is 0 Å². The number of nitrogens with zero attached hydrogens (tertiary/aromatic N) is 1. The standard InChI is InChI=1S/C17H25NO3/c1-12(2)21-15-8-6-14(7-9-15)16(19)11-18-10-4-5-13(3)17(18)20/h6-9,12-13,16,19H,4-5,10-11H2,1-3H3. The zero-order chi connectivity index (χ0) is 15.4. The van der Waals surface area contributed by atoms with E-state index in [0.29, 0.717) is 6.54 Å². The van der Waals surface area contributed by atoms with Crippen LogP contribution in [0.5, 0.6) is 5.75 Å². The first kappa shape index (κ1) is 15.8. The molecule has 1 N–H and O–H groups in total. The largest absolute Gasteiger partial charge is 0.491 e. The maximum atomic E-state index is 12.1. The third-order valence-corrected chi connectivity index (χ3v) is 3.83. The highest BCUT2D eigenvalue weighted by atomic mass is 16.5. The molecule has 0 aliphatic carbocycles. The molecule has 1 aromatic carbocycles. The van der Waals surface area contributed by atoms with Crippen molar-refractivity contribution in [2.24, 2.45) is 5.92 Å². The van der Waals surface area contributed by atoms with E-state index in [-0.39, 0.29) is 17.9 Å². The maximum absolute atomic E-state index is 12.1. The highest BCUT2D eigenvalue weighted by Crippen LogP contribution is 2.23. The molecule has 2 rings (SSSR count). The second kappa shape index (κ2) is 6.94. The highest BCUT2D eigenvalue weighted by molar-refractivity contribution is 5.79. The summed E-state index contributed by atoms with van der Waals surface area (Å²) >= 11 is 0. The predicted octanol–water partition coefficient (Wildman–Crippen LogP) is 2.77. The Labute approximate surface area is 126 Å². The Morgan fingerprint density at radius 2 is 2.00 bits per heavy atom. The Bertz CT molecular complexity index is 469. The van der Waals surface area contributed by atoms with Crippen LogP contribution in [-0.4, -0.2) is 35.1 Å². The fourth-order valence-electron chi connectivity index (χ4n) is 2.67. The minimum absolute atomic E-state index is 0.0766. The van der Waals surface area contributed by atoms with Gasteiger partial charge in [0.05, 0.1) is 18.8 Å². The Kier molecular flexibility index (Phi) is 5.23. The summed E-state index contributed by atoms with van der Waals surface area (Å²) in [6, 6.07) is 7.44. The van der Waals surface area contributed by atoms with Crippen LogP contribution in [0.1, 0.15) is 45.3 Å². The first-order valence-corrected chi connectivity index (χ1v) is 7.71. The van der Waals surface area contributed by atoms with E-state index in [9.17, 15) is 9.90 Å². The average Bonchev–Trinajstić information content (AvgIpc) is 2.44. The molecule has 1 heterocycles. The van der Waals surface area contributed by atoms with Crippen LogP contribution in [0.4, 0.5) is 0 Å². The van der Waals surface area contributed by atoms with Crippen LogP contribution in [-0.2, 0) is 4.79 Å². The van der Waals surface area contributed by atoms with Crippen LogP contribution in [0.2, 0.25) is 0 Å². The van der Waals surface area contributed by atoms with Crippen LogP contribution in [0.25, 0.3) is 0 Å². The molecule has 1 aliphatic heterocycles. The van der Waals surface area contributed by atoms with Crippen molar-refractivity contribution in [3.63, 3.8) is 0 Å². The molecule has 1 aliphatic rings. The first-order valence-electron chi connectivity index (χ1n) is 7.71. The van der Waals surface area contributed by atoms with Crippen molar-refractivity contribution in [1.82, 2.24) is 4.90 Å². The van der Waals surface area contributed by atoms with Crippen LogP contribution in [0.3, 0.4) is 0 Å². The van der Waals surface area contributed by atoms with Crippen molar-refractivity contribution >= 4 is 5.91 Å². The van der Waals surface area contributed by atoms with E-state index in [1.165, 1.54) is 0 Å². The summed E-state index contributed by atoms with van der Waals surface area (Å²) in [6.45, 7) is 7.03. The number of aliphatic hydroxyl groups is 1. The number of carbonyl (C=O) groups is 1. The van der Waals surface area contributed by atoms with E-state index in [1.807, 2.05) is 45.0 Å². The molecule has 0 bridgehead atoms. The summed E-state index contributed by atoms with van der Waals surface area (Å²) in [7, 11) is 0. The second-order valence-corrected chi connectivity index (χ2v) is 6.08. The van der Waals surface area contributed by atoms with Gasteiger partial charge in [0.2, 0.25) is 5.91 Å². The van der Waals surface area contributed by atoms with Gasteiger partial charge in [-0.3, -0.25) is 4.79 Å². The smallest absolute Gasteiger partial charge is 0.225 e. The van der Waals surface area contributed by atoms with E-state index in [0.717, 1.165) is 30.7 Å². The number of likely N-dealkylation sites (tertiary alicyclic amines) is 1. The molecule has 2 unspecified atom stereocenters. The van der Waals surface area contributed by atoms with Gasteiger partial charge in [0.1, 0.15) is 5.75 Å². The molecule has 0 spiro atoms. The Hall–Kier alpha value is -1.55. The number of hydrogen-bond acceptors (Lipinski definition) is 3. The van der Waals surface area contributed by atoms with Gasteiger partial charge < -0.3 is 14.7 Å². The van der Waals surface area contributed by atoms with Gasteiger partial charge in [0.15, 0.2) is 0 Å². The molecule has 1 amide bonds. The highest BCUT2D eigenvalue weighted by Gasteiger charge is 2.26. The van der Waals surface area contributed by atoms with Crippen molar-refractivity contribution in [1.29, 1.82) is 0 Å². The van der Waals surface area contributed by atoms with Crippen molar-refractivity contribution in [2.75, 3.05) is 13.1 Å². The van der Waals surface area contributed by atoms with Gasteiger partial charge in [0.25, 0.3) is 0 Å². The summed E-state index contributed by atoms with van der Waals surface area (Å²) in [5.74, 6) is 1.02. The molecular formula is C17H25NO3. The van der Waals surface area contributed by atoms with Crippen LogP contribution in [0, 0.1) is 5.92 Å².